The molecule has 1 N–H and O–H groups in total. The summed E-state index contributed by atoms with van der Waals surface area (Å²) in [5.41, 5.74) is 1.84. The molecule has 1 unspecified atom stereocenters. The Bertz CT molecular complexity index is 687. The maximum absolute atomic E-state index is 14.0. The number of rotatable bonds is 5. The zero-order chi connectivity index (χ0) is 16.9. The van der Waals surface area contributed by atoms with Crippen LogP contribution in [0.2, 0.25) is 0 Å². The van der Waals surface area contributed by atoms with Gasteiger partial charge in [0.1, 0.15) is 17.3 Å². The van der Waals surface area contributed by atoms with Gasteiger partial charge in [-0.2, -0.15) is 0 Å². The molecule has 0 spiro atoms. The minimum atomic E-state index is -0.263. The van der Waals surface area contributed by atoms with E-state index in [2.05, 4.69) is 10.2 Å². The third kappa shape index (κ3) is 3.37. The summed E-state index contributed by atoms with van der Waals surface area (Å²) in [6.45, 7) is 3.57. The first-order chi connectivity index (χ1) is 11.7. The predicted octanol–water partition coefficient (Wildman–Crippen LogP) is 2.84. The molecular weight excluding hydrogens is 307 g/mol. The molecule has 0 aromatic heterocycles. The molecule has 2 aromatic carbocycles. The number of halogens is 1. The van der Waals surface area contributed by atoms with Crippen LogP contribution in [0.5, 0.6) is 11.5 Å². The van der Waals surface area contributed by atoms with Crippen LogP contribution in [-0.4, -0.2) is 45.3 Å². The average Bonchev–Trinajstić information content (AvgIpc) is 2.63. The van der Waals surface area contributed by atoms with Crippen LogP contribution in [0.1, 0.15) is 17.2 Å². The fourth-order valence-electron chi connectivity index (χ4n) is 3.31. The summed E-state index contributed by atoms with van der Waals surface area (Å²) in [5.74, 6) is 1.22. The molecular formula is C19H23FN2O2. The number of methoxy groups -OCH3 is 2. The van der Waals surface area contributed by atoms with Crippen molar-refractivity contribution < 1.29 is 13.9 Å². The van der Waals surface area contributed by atoms with Crippen LogP contribution < -0.4 is 14.8 Å². The molecule has 24 heavy (non-hydrogen) atoms. The smallest absolute Gasteiger partial charge is 0.124 e. The summed E-state index contributed by atoms with van der Waals surface area (Å²) in [6.07, 6.45) is 0. The Balaban J connectivity index is 2.13. The molecule has 1 saturated heterocycles. The van der Waals surface area contributed by atoms with E-state index >= 15 is 0 Å². The second-order valence-electron chi connectivity index (χ2n) is 5.82. The summed E-state index contributed by atoms with van der Waals surface area (Å²) < 4.78 is 25.1. The molecule has 0 amide bonds. The minimum Gasteiger partial charge on any atom is -0.496 e. The first kappa shape index (κ1) is 16.7. The molecule has 4 nitrogen and oxygen atoms in total. The van der Waals surface area contributed by atoms with E-state index in [1.165, 1.54) is 6.07 Å². The molecule has 0 saturated carbocycles. The van der Waals surface area contributed by atoms with E-state index in [1.54, 1.807) is 26.4 Å². The number of nitrogens with one attached hydrogen (secondary N) is 1. The summed E-state index contributed by atoms with van der Waals surface area (Å²) in [7, 11) is 3.28. The van der Waals surface area contributed by atoms with E-state index in [1.807, 2.05) is 24.3 Å². The van der Waals surface area contributed by atoms with Gasteiger partial charge < -0.3 is 14.8 Å². The Morgan fingerprint density at radius 3 is 2.33 bits per heavy atom. The van der Waals surface area contributed by atoms with Gasteiger partial charge >= 0.3 is 0 Å². The van der Waals surface area contributed by atoms with Crippen molar-refractivity contribution in [1.29, 1.82) is 0 Å². The van der Waals surface area contributed by atoms with Crippen molar-refractivity contribution in [2.24, 2.45) is 0 Å². The Morgan fingerprint density at radius 2 is 1.62 bits per heavy atom. The second kappa shape index (κ2) is 7.64. The fourth-order valence-corrected chi connectivity index (χ4v) is 3.31. The lowest BCUT2D eigenvalue weighted by Gasteiger charge is -2.36. The van der Waals surface area contributed by atoms with Gasteiger partial charge in [-0.3, -0.25) is 4.90 Å². The van der Waals surface area contributed by atoms with Gasteiger partial charge in [0.25, 0.3) is 0 Å². The fraction of sp³-hybridized carbons (Fsp3) is 0.368. The van der Waals surface area contributed by atoms with E-state index in [0.29, 0.717) is 5.75 Å². The molecule has 1 aliphatic heterocycles. The van der Waals surface area contributed by atoms with Gasteiger partial charge in [0.15, 0.2) is 0 Å². The van der Waals surface area contributed by atoms with Gasteiger partial charge in [-0.15, -0.1) is 0 Å². The monoisotopic (exact) mass is 330 g/mol. The molecule has 3 rings (SSSR count). The molecule has 128 valence electrons. The molecule has 2 aromatic rings. The van der Waals surface area contributed by atoms with Crippen molar-refractivity contribution in [3.8, 4) is 11.5 Å². The van der Waals surface area contributed by atoms with Crippen molar-refractivity contribution in [2.75, 3.05) is 40.4 Å². The Labute approximate surface area is 142 Å². The SMILES string of the molecule is COc1ccccc1C(c1cc(F)ccc1OC)N1CCNCC1. The number of nitrogens with zero attached hydrogens (tertiary/aromatic N) is 1. The van der Waals surface area contributed by atoms with Crippen LogP contribution in [0, 0.1) is 5.82 Å². The van der Waals surface area contributed by atoms with E-state index in [4.69, 9.17) is 9.47 Å². The molecule has 0 bridgehead atoms. The highest BCUT2D eigenvalue weighted by atomic mass is 19.1. The highest BCUT2D eigenvalue weighted by Crippen LogP contribution is 2.39. The molecule has 1 atom stereocenters. The number of hydrogen-bond donors (Lipinski definition) is 1. The molecule has 1 fully saturated rings. The lowest BCUT2D eigenvalue weighted by atomic mass is 9.94. The third-order valence-corrected chi connectivity index (χ3v) is 4.44. The number of hydrogen-bond acceptors (Lipinski definition) is 4. The van der Waals surface area contributed by atoms with Gasteiger partial charge in [-0.05, 0) is 24.3 Å². The van der Waals surface area contributed by atoms with Crippen LogP contribution >= 0.6 is 0 Å². The average molecular weight is 330 g/mol. The zero-order valence-electron chi connectivity index (χ0n) is 14.1. The van der Waals surface area contributed by atoms with Crippen molar-refractivity contribution >= 4 is 0 Å². The molecule has 0 radical (unpaired) electrons. The van der Waals surface area contributed by atoms with Crippen LogP contribution in [0.4, 0.5) is 4.39 Å². The maximum atomic E-state index is 14.0. The third-order valence-electron chi connectivity index (χ3n) is 4.44. The Morgan fingerprint density at radius 1 is 0.958 bits per heavy atom. The minimum absolute atomic E-state index is 0.117. The topological polar surface area (TPSA) is 33.7 Å². The Hall–Kier alpha value is -2.11. The van der Waals surface area contributed by atoms with Crippen molar-refractivity contribution in [3.05, 3.63) is 59.4 Å². The lowest BCUT2D eigenvalue weighted by molar-refractivity contribution is 0.192. The van der Waals surface area contributed by atoms with Gasteiger partial charge in [-0.1, -0.05) is 18.2 Å². The lowest BCUT2D eigenvalue weighted by Crippen LogP contribution is -2.45. The quantitative estimate of drug-likeness (QED) is 0.914. The van der Waals surface area contributed by atoms with Crippen LogP contribution in [0.3, 0.4) is 0 Å². The summed E-state index contributed by atoms with van der Waals surface area (Å²) in [5, 5.41) is 3.36. The van der Waals surface area contributed by atoms with Crippen molar-refractivity contribution in [3.63, 3.8) is 0 Å². The number of piperazine rings is 1. The molecule has 5 heteroatoms. The van der Waals surface area contributed by atoms with E-state index in [9.17, 15) is 4.39 Å². The highest BCUT2D eigenvalue weighted by Gasteiger charge is 2.29. The maximum Gasteiger partial charge on any atom is 0.124 e. The molecule has 0 aliphatic carbocycles. The first-order valence-electron chi connectivity index (χ1n) is 8.15. The van der Waals surface area contributed by atoms with Crippen LogP contribution in [0.15, 0.2) is 42.5 Å². The number of benzene rings is 2. The van der Waals surface area contributed by atoms with Gasteiger partial charge in [-0.25, -0.2) is 4.39 Å². The van der Waals surface area contributed by atoms with Crippen LogP contribution in [-0.2, 0) is 0 Å². The van der Waals surface area contributed by atoms with E-state index in [-0.39, 0.29) is 11.9 Å². The molecule has 1 aliphatic rings. The highest BCUT2D eigenvalue weighted by molar-refractivity contribution is 5.47. The first-order valence-corrected chi connectivity index (χ1v) is 8.15. The van der Waals surface area contributed by atoms with Crippen LogP contribution in [0.25, 0.3) is 0 Å². The largest absolute Gasteiger partial charge is 0.496 e. The van der Waals surface area contributed by atoms with Crippen molar-refractivity contribution in [2.45, 2.75) is 6.04 Å². The predicted molar refractivity (Wildman–Crippen MR) is 92.2 cm³/mol. The van der Waals surface area contributed by atoms with Gasteiger partial charge in [0.2, 0.25) is 0 Å². The normalized spacial score (nSPS) is 16.6. The Kier molecular flexibility index (Phi) is 5.33. The number of para-hydroxylation sites is 1. The second-order valence-corrected chi connectivity index (χ2v) is 5.82. The zero-order valence-corrected chi connectivity index (χ0v) is 14.1. The van der Waals surface area contributed by atoms with Gasteiger partial charge in [0.05, 0.1) is 20.3 Å². The summed E-state index contributed by atoms with van der Waals surface area (Å²) >= 11 is 0. The summed E-state index contributed by atoms with van der Waals surface area (Å²) in [4.78, 5) is 2.34. The standard InChI is InChI=1S/C19H23FN2O2/c1-23-17-6-4-3-5-15(17)19(22-11-9-21-10-12-22)16-13-14(20)7-8-18(16)24-2/h3-8,13,19,21H,9-12H2,1-2H3. The van der Waals surface area contributed by atoms with Crippen molar-refractivity contribution in [1.82, 2.24) is 10.2 Å². The van der Waals surface area contributed by atoms with Gasteiger partial charge in [0, 0.05) is 37.3 Å². The molecule has 1 heterocycles. The van der Waals surface area contributed by atoms with E-state index < -0.39 is 0 Å². The summed E-state index contributed by atoms with van der Waals surface area (Å²) in [6, 6.07) is 12.5. The van der Waals surface area contributed by atoms with E-state index in [0.717, 1.165) is 43.1 Å². The number of ether oxygens (including phenoxy) is 2.